The number of nitrogens with zero attached hydrogens (tertiary/aromatic N) is 1. The molecule has 7 nitrogen and oxygen atoms in total. The summed E-state index contributed by atoms with van der Waals surface area (Å²) in [5.41, 5.74) is 2.63. The van der Waals surface area contributed by atoms with E-state index in [1.807, 2.05) is 19.9 Å². The van der Waals surface area contributed by atoms with Crippen LogP contribution in [0.3, 0.4) is 0 Å². The zero-order valence-corrected chi connectivity index (χ0v) is 17.2. The Balaban J connectivity index is 1.49. The number of carbonyl (C=O) groups is 3. The quantitative estimate of drug-likeness (QED) is 0.685. The Hall–Kier alpha value is -2.61. The highest BCUT2D eigenvalue weighted by atomic mass is 79.9. The van der Waals surface area contributed by atoms with Gasteiger partial charge in [0, 0.05) is 23.1 Å². The van der Waals surface area contributed by atoms with Crippen LogP contribution < -0.4 is 5.32 Å². The van der Waals surface area contributed by atoms with Crippen LogP contribution in [0.5, 0.6) is 0 Å². The third-order valence-corrected chi connectivity index (χ3v) is 5.67. The van der Waals surface area contributed by atoms with Crippen LogP contribution in [0.4, 0.5) is 5.69 Å². The molecule has 1 aliphatic rings. The Morgan fingerprint density at radius 1 is 1.29 bits per heavy atom. The van der Waals surface area contributed by atoms with Crippen molar-refractivity contribution >= 4 is 39.4 Å². The Labute approximate surface area is 171 Å². The van der Waals surface area contributed by atoms with Crippen molar-refractivity contribution in [1.29, 1.82) is 0 Å². The molecule has 2 heterocycles. The van der Waals surface area contributed by atoms with Gasteiger partial charge in [-0.05, 0) is 49.2 Å². The summed E-state index contributed by atoms with van der Waals surface area (Å²) in [7, 11) is 0. The highest BCUT2D eigenvalue weighted by Crippen LogP contribution is 2.26. The van der Waals surface area contributed by atoms with Gasteiger partial charge >= 0.3 is 5.97 Å². The Kier molecular flexibility index (Phi) is 6.18. The molecule has 1 aliphatic heterocycles. The molecule has 2 amide bonds. The minimum Gasteiger partial charge on any atom is -0.467 e. The van der Waals surface area contributed by atoms with Crippen LogP contribution in [0.15, 0.2) is 39.4 Å². The monoisotopic (exact) mass is 448 g/mol. The van der Waals surface area contributed by atoms with Crippen LogP contribution in [-0.4, -0.2) is 35.8 Å². The van der Waals surface area contributed by atoms with Crippen molar-refractivity contribution in [2.75, 3.05) is 18.5 Å². The number of rotatable bonds is 6. The Morgan fingerprint density at radius 2 is 2.07 bits per heavy atom. The van der Waals surface area contributed by atoms with E-state index in [-0.39, 0.29) is 18.9 Å². The van der Waals surface area contributed by atoms with Gasteiger partial charge < -0.3 is 19.4 Å². The molecule has 3 rings (SSSR count). The van der Waals surface area contributed by atoms with Crippen molar-refractivity contribution in [3.8, 4) is 0 Å². The molecule has 28 heavy (non-hydrogen) atoms. The second kappa shape index (κ2) is 8.60. The van der Waals surface area contributed by atoms with E-state index in [0.29, 0.717) is 18.0 Å². The second-order valence-corrected chi connectivity index (χ2v) is 7.61. The summed E-state index contributed by atoms with van der Waals surface area (Å²) in [6, 6.07) is 7.15. The highest BCUT2D eigenvalue weighted by molar-refractivity contribution is 9.10. The Morgan fingerprint density at radius 3 is 2.79 bits per heavy atom. The van der Waals surface area contributed by atoms with Crippen molar-refractivity contribution in [3.05, 3.63) is 51.9 Å². The van der Waals surface area contributed by atoms with Crippen molar-refractivity contribution in [2.24, 2.45) is 5.92 Å². The summed E-state index contributed by atoms with van der Waals surface area (Å²) < 4.78 is 11.3. The molecular weight excluding hydrogens is 428 g/mol. The van der Waals surface area contributed by atoms with E-state index in [1.165, 1.54) is 6.26 Å². The number of likely N-dealkylation sites (tertiary alicyclic amines) is 1. The largest absolute Gasteiger partial charge is 0.467 e. The zero-order chi connectivity index (χ0) is 20.3. The van der Waals surface area contributed by atoms with Gasteiger partial charge in [-0.3, -0.25) is 14.4 Å². The van der Waals surface area contributed by atoms with E-state index in [9.17, 15) is 14.4 Å². The number of carbonyl (C=O) groups excluding carboxylic acids is 3. The van der Waals surface area contributed by atoms with Crippen molar-refractivity contribution in [3.63, 3.8) is 0 Å². The van der Waals surface area contributed by atoms with Crippen molar-refractivity contribution in [2.45, 2.75) is 26.8 Å². The summed E-state index contributed by atoms with van der Waals surface area (Å²) in [4.78, 5) is 38.0. The first-order chi connectivity index (χ1) is 13.3. The highest BCUT2D eigenvalue weighted by Gasteiger charge is 2.35. The molecule has 1 aromatic carbocycles. The van der Waals surface area contributed by atoms with Crippen LogP contribution in [0.1, 0.15) is 23.3 Å². The van der Waals surface area contributed by atoms with Gasteiger partial charge in [0.05, 0.1) is 18.7 Å². The molecule has 1 fully saturated rings. The fourth-order valence-electron chi connectivity index (χ4n) is 3.04. The summed E-state index contributed by atoms with van der Waals surface area (Å²) in [6.45, 7) is 4.03. The van der Waals surface area contributed by atoms with Crippen LogP contribution in [0, 0.1) is 19.8 Å². The number of ether oxygens (including phenoxy) is 1. The molecule has 0 saturated carbocycles. The number of esters is 1. The van der Waals surface area contributed by atoms with Crippen LogP contribution in [-0.2, 0) is 25.7 Å². The molecular formula is C20H21BrN2O5. The molecule has 0 bridgehead atoms. The van der Waals surface area contributed by atoms with Gasteiger partial charge in [0.15, 0.2) is 6.61 Å². The second-order valence-electron chi connectivity index (χ2n) is 6.76. The fraction of sp³-hybridized carbons (Fsp3) is 0.350. The first-order valence-corrected chi connectivity index (χ1v) is 9.66. The minimum atomic E-state index is -0.577. The number of hydrogen-bond acceptors (Lipinski definition) is 5. The maximum Gasteiger partial charge on any atom is 0.311 e. The number of amides is 2. The summed E-state index contributed by atoms with van der Waals surface area (Å²) in [5.74, 6) is -1.03. The van der Waals surface area contributed by atoms with Crippen molar-refractivity contribution in [1.82, 2.24) is 4.90 Å². The molecule has 1 N–H and O–H groups in total. The van der Waals surface area contributed by atoms with E-state index in [4.69, 9.17) is 9.15 Å². The predicted molar refractivity (Wildman–Crippen MR) is 105 cm³/mol. The lowest BCUT2D eigenvalue weighted by Crippen LogP contribution is -2.28. The topological polar surface area (TPSA) is 88.8 Å². The smallest absolute Gasteiger partial charge is 0.311 e. The molecule has 0 radical (unpaired) electrons. The molecule has 148 valence electrons. The van der Waals surface area contributed by atoms with E-state index >= 15 is 0 Å². The first kappa shape index (κ1) is 20.1. The van der Waals surface area contributed by atoms with Gasteiger partial charge in [-0.2, -0.15) is 0 Å². The van der Waals surface area contributed by atoms with E-state index in [2.05, 4.69) is 21.2 Å². The average molecular weight is 449 g/mol. The Bertz CT molecular complexity index is 894. The fourth-order valence-corrected chi connectivity index (χ4v) is 3.47. The first-order valence-electron chi connectivity index (χ1n) is 8.87. The summed E-state index contributed by atoms with van der Waals surface area (Å²) in [5, 5.41) is 2.74. The van der Waals surface area contributed by atoms with Gasteiger partial charge in [-0.1, -0.05) is 15.9 Å². The molecule has 1 saturated heterocycles. The molecule has 0 unspecified atom stereocenters. The number of hydrogen-bond donors (Lipinski definition) is 1. The molecule has 8 heteroatoms. The lowest BCUT2D eigenvalue weighted by Gasteiger charge is -2.15. The van der Waals surface area contributed by atoms with Gasteiger partial charge in [-0.15, -0.1) is 0 Å². The third kappa shape index (κ3) is 4.62. The molecule has 1 aromatic heterocycles. The lowest BCUT2D eigenvalue weighted by molar-refractivity contribution is -0.151. The van der Waals surface area contributed by atoms with Gasteiger partial charge in [-0.25, -0.2) is 0 Å². The van der Waals surface area contributed by atoms with E-state index in [0.717, 1.165) is 15.6 Å². The van der Waals surface area contributed by atoms with Crippen LogP contribution >= 0.6 is 15.9 Å². The molecule has 2 aromatic rings. The SMILES string of the molecule is Cc1c(Br)ccc(NC(=O)COC(=O)[C@@H]2CC(=O)N(Cc3ccco3)C2)c1C. The lowest BCUT2D eigenvalue weighted by atomic mass is 10.1. The third-order valence-electron chi connectivity index (χ3n) is 4.82. The normalized spacial score (nSPS) is 16.3. The zero-order valence-electron chi connectivity index (χ0n) is 15.7. The van der Waals surface area contributed by atoms with Gasteiger partial charge in [0.25, 0.3) is 5.91 Å². The number of nitrogens with one attached hydrogen (secondary N) is 1. The van der Waals surface area contributed by atoms with Crippen LogP contribution in [0.2, 0.25) is 0 Å². The number of benzene rings is 1. The molecule has 0 spiro atoms. The van der Waals surface area contributed by atoms with Crippen molar-refractivity contribution < 1.29 is 23.5 Å². The standard InChI is InChI=1S/C20H21BrN2O5/c1-12-13(2)17(6-5-16(12)21)22-18(24)11-28-20(26)14-8-19(25)23(9-14)10-15-4-3-7-27-15/h3-7,14H,8-11H2,1-2H3,(H,22,24)/t14-/m1/s1. The van der Waals surface area contributed by atoms with Crippen LogP contribution in [0.25, 0.3) is 0 Å². The molecule has 1 atom stereocenters. The van der Waals surface area contributed by atoms with E-state index < -0.39 is 24.4 Å². The van der Waals surface area contributed by atoms with Gasteiger partial charge in [0.1, 0.15) is 5.76 Å². The van der Waals surface area contributed by atoms with Gasteiger partial charge in [0.2, 0.25) is 5.91 Å². The molecule has 0 aliphatic carbocycles. The number of halogens is 1. The number of furan rings is 1. The van der Waals surface area contributed by atoms with E-state index in [1.54, 1.807) is 23.1 Å². The predicted octanol–water partition coefficient (Wildman–Crippen LogP) is 3.19. The summed E-state index contributed by atoms with van der Waals surface area (Å²) in [6.07, 6.45) is 1.61. The summed E-state index contributed by atoms with van der Waals surface area (Å²) >= 11 is 3.44. The maximum absolute atomic E-state index is 12.3. The maximum atomic E-state index is 12.3. The minimum absolute atomic E-state index is 0.0756. The average Bonchev–Trinajstić information content (AvgIpc) is 3.31. The number of anilines is 1.